The molecular formula is C33H44F2N4O6S. The predicted molar refractivity (Wildman–Crippen MR) is 170 cm³/mol. The van der Waals surface area contributed by atoms with Crippen molar-refractivity contribution in [2.45, 2.75) is 88.4 Å². The summed E-state index contributed by atoms with van der Waals surface area (Å²) >= 11 is 0. The van der Waals surface area contributed by atoms with E-state index in [0.29, 0.717) is 50.9 Å². The van der Waals surface area contributed by atoms with Crippen molar-refractivity contribution in [2.24, 2.45) is 5.92 Å². The highest BCUT2D eigenvalue weighted by Gasteiger charge is 2.40. The molecule has 0 spiro atoms. The molecule has 0 radical (unpaired) electrons. The predicted octanol–water partition coefficient (Wildman–Crippen LogP) is 4.62. The Morgan fingerprint density at radius 3 is 2.52 bits per heavy atom. The lowest BCUT2D eigenvalue weighted by atomic mass is 9.72. The highest BCUT2D eigenvalue weighted by molar-refractivity contribution is 7.89. The van der Waals surface area contributed by atoms with E-state index in [-0.39, 0.29) is 47.5 Å². The van der Waals surface area contributed by atoms with Crippen molar-refractivity contribution in [3.8, 4) is 0 Å². The molecule has 1 aliphatic carbocycles. The van der Waals surface area contributed by atoms with Gasteiger partial charge in [-0.3, -0.25) is 4.79 Å². The molecular weight excluding hydrogens is 618 g/mol. The number of fused-ring (bicyclic) bond motifs is 2. The van der Waals surface area contributed by atoms with Gasteiger partial charge in [-0.1, -0.05) is 18.2 Å². The van der Waals surface area contributed by atoms with Gasteiger partial charge in [-0.05, 0) is 94.0 Å². The van der Waals surface area contributed by atoms with E-state index < -0.39 is 45.6 Å². The molecule has 4 N–H and O–H groups in total. The molecule has 2 aliphatic heterocycles. The van der Waals surface area contributed by atoms with Crippen molar-refractivity contribution in [3.05, 3.63) is 65.2 Å². The van der Waals surface area contributed by atoms with Gasteiger partial charge in [-0.15, -0.1) is 0 Å². The number of nitrogens with one attached hydrogen (secondary N) is 3. The summed E-state index contributed by atoms with van der Waals surface area (Å²) < 4.78 is 62.5. The highest BCUT2D eigenvalue weighted by atomic mass is 32.2. The van der Waals surface area contributed by atoms with E-state index in [1.54, 1.807) is 22.5 Å². The number of nitrogens with zero attached hydrogens (tertiary/aromatic N) is 1. The van der Waals surface area contributed by atoms with Crippen molar-refractivity contribution < 1.29 is 36.6 Å². The molecule has 1 unspecified atom stereocenters. The number of ether oxygens (including phenoxy) is 1. The summed E-state index contributed by atoms with van der Waals surface area (Å²) in [5.41, 5.74) is 1.03. The fraction of sp³-hybridized carbons (Fsp3) is 0.576. The molecule has 252 valence electrons. The number of sulfonamides is 1. The normalized spacial score (nSPS) is 27.2. The molecule has 2 heterocycles. The molecule has 46 heavy (non-hydrogen) atoms. The Labute approximate surface area is 269 Å². The second kappa shape index (κ2) is 15.2. The van der Waals surface area contributed by atoms with Crippen molar-refractivity contribution in [1.82, 2.24) is 14.9 Å². The van der Waals surface area contributed by atoms with Crippen molar-refractivity contribution in [2.75, 3.05) is 30.8 Å². The quantitative estimate of drug-likeness (QED) is 0.276. The van der Waals surface area contributed by atoms with Gasteiger partial charge in [0.15, 0.2) is 0 Å². The molecule has 10 nitrogen and oxygen atoms in total. The number of anilines is 1. The second-order valence-electron chi connectivity index (χ2n) is 12.6. The average Bonchev–Trinajstić information content (AvgIpc) is 3.13. The summed E-state index contributed by atoms with van der Waals surface area (Å²) in [7, 11) is -3.43. The van der Waals surface area contributed by atoms with Crippen LogP contribution in [-0.4, -0.2) is 79.5 Å². The van der Waals surface area contributed by atoms with Gasteiger partial charge < -0.3 is 25.8 Å². The lowest BCUT2D eigenvalue weighted by molar-refractivity contribution is -0.119. The molecule has 0 aromatic heterocycles. The summed E-state index contributed by atoms with van der Waals surface area (Å²) in [5, 5.41) is 18.4. The third-order valence-corrected chi connectivity index (χ3v) is 11.6. The fourth-order valence-corrected chi connectivity index (χ4v) is 9.23. The third-order valence-electron chi connectivity index (χ3n) is 9.67. The monoisotopic (exact) mass is 662 g/mol. The molecule has 2 bridgehead atoms. The van der Waals surface area contributed by atoms with E-state index in [0.717, 1.165) is 19.3 Å². The minimum absolute atomic E-state index is 0.0826. The zero-order valence-corrected chi connectivity index (χ0v) is 26.9. The van der Waals surface area contributed by atoms with Crippen LogP contribution in [0, 0.1) is 17.6 Å². The van der Waals surface area contributed by atoms with Crippen LogP contribution in [0.1, 0.15) is 68.9 Å². The molecule has 2 saturated heterocycles. The molecule has 2 amide bonds. The van der Waals surface area contributed by atoms with Crippen molar-refractivity contribution in [3.63, 3.8) is 0 Å². The van der Waals surface area contributed by atoms with Gasteiger partial charge in [0.1, 0.15) is 17.7 Å². The van der Waals surface area contributed by atoms with Crippen LogP contribution < -0.4 is 16.0 Å². The Morgan fingerprint density at radius 1 is 1.09 bits per heavy atom. The maximum atomic E-state index is 15.3. The SMILES string of the molecule is CCOC1CCC([C@H](c2ccc(F)cc2)[C@H](NC(=O)O)C(=O)Nc2cccc(F)c2CC[C@H]2CN[C@@H]3CCCS(=O)(=O)N2C3)CC1. The lowest BCUT2D eigenvalue weighted by Gasteiger charge is -2.38. The number of amides is 2. The Hall–Kier alpha value is -3.13. The van der Waals surface area contributed by atoms with Gasteiger partial charge in [-0.25, -0.2) is 22.0 Å². The fourth-order valence-electron chi connectivity index (χ4n) is 7.42. The number of hydrogen-bond acceptors (Lipinski definition) is 6. The first-order valence-corrected chi connectivity index (χ1v) is 17.8. The van der Waals surface area contributed by atoms with Crippen LogP contribution in [-0.2, 0) is 26.0 Å². The molecule has 3 aliphatic rings. The van der Waals surface area contributed by atoms with Gasteiger partial charge in [0.25, 0.3) is 0 Å². The van der Waals surface area contributed by atoms with E-state index >= 15 is 4.39 Å². The molecule has 3 fully saturated rings. The number of benzene rings is 2. The summed E-state index contributed by atoms with van der Waals surface area (Å²) in [6.07, 6.45) is 3.40. The maximum Gasteiger partial charge on any atom is 0.405 e. The molecule has 2 aromatic carbocycles. The topological polar surface area (TPSA) is 137 Å². The first-order valence-electron chi connectivity index (χ1n) is 16.2. The minimum Gasteiger partial charge on any atom is -0.465 e. The zero-order chi connectivity index (χ0) is 32.8. The van der Waals surface area contributed by atoms with Crippen LogP contribution in [0.5, 0.6) is 0 Å². The van der Waals surface area contributed by atoms with Gasteiger partial charge in [0.2, 0.25) is 15.9 Å². The Morgan fingerprint density at radius 2 is 1.83 bits per heavy atom. The molecule has 5 atom stereocenters. The lowest BCUT2D eigenvalue weighted by Crippen LogP contribution is -2.57. The summed E-state index contributed by atoms with van der Waals surface area (Å²) in [4.78, 5) is 26.1. The van der Waals surface area contributed by atoms with Crippen LogP contribution in [0.25, 0.3) is 0 Å². The third kappa shape index (κ3) is 8.23. The Kier molecular flexibility index (Phi) is 11.3. The van der Waals surface area contributed by atoms with Gasteiger partial charge in [0, 0.05) is 48.9 Å². The number of rotatable bonds is 11. The first-order chi connectivity index (χ1) is 22.1. The van der Waals surface area contributed by atoms with E-state index in [4.69, 9.17) is 4.74 Å². The van der Waals surface area contributed by atoms with Crippen molar-refractivity contribution >= 4 is 27.7 Å². The number of carbonyl (C=O) groups excluding carboxylic acids is 1. The standard InChI is InChI=1S/C33H44F2N4O6S/c1-2-45-26-15-10-22(11-16-26)30(21-8-12-23(34)13-9-21)31(38-33(41)42)32(40)37-29-7-3-6-28(35)27(29)17-14-25-19-36-24-5-4-18-46(43,44)39(25)20-24/h3,6-9,12-13,22,24-26,30-31,36,38H,2,4-5,10-11,14-20H2,1H3,(H,37,40)(H,41,42)/t22?,24-,25+,26?,30+,31+/m1/s1. The van der Waals surface area contributed by atoms with Crippen LogP contribution in [0.3, 0.4) is 0 Å². The molecule has 13 heteroatoms. The van der Waals surface area contributed by atoms with Gasteiger partial charge >= 0.3 is 6.09 Å². The van der Waals surface area contributed by atoms with Crippen LogP contribution in [0.15, 0.2) is 42.5 Å². The van der Waals surface area contributed by atoms with Gasteiger partial charge in [0.05, 0.1) is 11.9 Å². The van der Waals surface area contributed by atoms with Crippen LogP contribution in [0.2, 0.25) is 0 Å². The Bertz CT molecular complexity index is 1470. The number of carboxylic acid groups (broad SMARTS) is 1. The van der Waals surface area contributed by atoms with Crippen molar-refractivity contribution in [1.29, 1.82) is 0 Å². The number of piperazine rings is 1. The number of halogens is 2. The van der Waals surface area contributed by atoms with Gasteiger partial charge in [-0.2, -0.15) is 4.31 Å². The zero-order valence-electron chi connectivity index (χ0n) is 26.1. The van der Waals surface area contributed by atoms with Crippen LogP contribution >= 0.6 is 0 Å². The summed E-state index contributed by atoms with van der Waals surface area (Å²) in [6, 6.07) is 8.53. The molecule has 1 saturated carbocycles. The minimum atomic E-state index is -3.43. The summed E-state index contributed by atoms with van der Waals surface area (Å²) in [6.45, 7) is 3.36. The Balaban J connectivity index is 1.38. The van der Waals surface area contributed by atoms with E-state index in [1.807, 2.05) is 6.92 Å². The smallest absolute Gasteiger partial charge is 0.405 e. The second-order valence-corrected chi connectivity index (χ2v) is 14.6. The highest BCUT2D eigenvalue weighted by Crippen LogP contribution is 2.40. The maximum absolute atomic E-state index is 15.3. The molecule has 2 aromatic rings. The van der Waals surface area contributed by atoms with E-state index in [1.165, 1.54) is 24.3 Å². The molecule has 5 rings (SSSR count). The summed E-state index contributed by atoms with van der Waals surface area (Å²) in [5.74, 6) is -2.29. The van der Waals surface area contributed by atoms with E-state index in [9.17, 15) is 27.5 Å². The first kappa shape index (κ1) is 34.2. The van der Waals surface area contributed by atoms with E-state index in [2.05, 4.69) is 16.0 Å². The number of carbonyl (C=O) groups is 2. The number of hydrogen-bond donors (Lipinski definition) is 4. The average molecular weight is 663 g/mol. The largest absolute Gasteiger partial charge is 0.465 e. The van der Waals surface area contributed by atoms with Crippen LogP contribution in [0.4, 0.5) is 19.3 Å².